The summed E-state index contributed by atoms with van der Waals surface area (Å²) >= 11 is 21.3. The molecule has 0 spiro atoms. The number of hydrogen-bond donors (Lipinski definition) is 3. The highest BCUT2D eigenvalue weighted by molar-refractivity contribution is 9.10. The Labute approximate surface area is 179 Å². The number of hydrogen-bond acceptors (Lipinski definition) is 3. The summed E-state index contributed by atoms with van der Waals surface area (Å²) in [7, 11) is 1.88. The van der Waals surface area contributed by atoms with Crippen molar-refractivity contribution in [3.8, 4) is 11.1 Å². The molecule has 1 aromatic heterocycles. The van der Waals surface area contributed by atoms with E-state index in [4.69, 9.17) is 41.2 Å². The van der Waals surface area contributed by atoms with Gasteiger partial charge in [0.05, 0.1) is 21.1 Å². The molecule has 0 aliphatic heterocycles. The SMILES string of the molecule is CNCc1ccc(-c2c(Cl)c(Cl)cc3c2[nH]c(=O)n3C(N)=S)c(Br)c1.Cl. The Bertz CT molecular complexity index is 1060. The molecule has 0 aliphatic carbocycles. The summed E-state index contributed by atoms with van der Waals surface area (Å²) < 4.78 is 2.02. The molecule has 26 heavy (non-hydrogen) atoms. The van der Waals surface area contributed by atoms with Gasteiger partial charge in [-0.15, -0.1) is 12.4 Å². The van der Waals surface area contributed by atoms with Gasteiger partial charge in [0.2, 0.25) is 0 Å². The first kappa shape index (κ1) is 21.2. The number of aromatic amines is 1. The lowest BCUT2D eigenvalue weighted by molar-refractivity contribution is 0.817. The molecule has 0 unspecified atom stereocenters. The van der Waals surface area contributed by atoms with E-state index in [1.165, 1.54) is 4.57 Å². The molecule has 0 bridgehead atoms. The topological polar surface area (TPSA) is 75.8 Å². The third-order valence-corrected chi connectivity index (χ3v) is 5.40. The summed E-state index contributed by atoms with van der Waals surface area (Å²) in [6.07, 6.45) is 0. The van der Waals surface area contributed by atoms with Crippen LogP contribution in [0.5, 0.6) is 0 Å². The fourth-order valence-corrected chi connectivity index (χ4v) is 3.99. The zero-order valence-corrected chi connectivity index (χ0v) is 18.1. The molecule has 0 aliphatic rings. The van der Waals surface area contributed by atoms with Crippen molar-refractivity contribution >= 4 is 79.9 Å². The molecule has 0 saturated heterocycles. The van der Waals surface area contributed by atoms with E-state index in [0.717, 1.165) is 22.1 Å². The van der Waals surface area contributed by atoms with E-state index in [9.17, 15) is 4.79 Å². The molecule has 10 heteroatoms. The molecule has 0 fully saturated rings. The Balaban J connectivity index is 0.00000243. The van der Waals surface area contributed by atoms with E-state index in [-0.39, 0.29) is 17.5 Å². The quantitative estimate of drug-likeness (QED) is 0.473. The minimum atomic E-state index is -0.440. The van der Waals surface area contributed by atoms with Gasteiger partial charge in [-0.25, -0.2) is 9.36 Å². The van der Waals surface area contributed by atoms with Crippen LogP contribution in [-0.2, 0) is 6.54 Å². The Morgan fingerprint density at radius 1 is 1.38 bits per heavy atom. The first-order valence-corrected chi connectivity index (χ1v) is 9.16. The van der Waals surface area contributed by atoms with Gasteiger partial charge in [0.15, 0.2) is 5.11 Å². The van der Waals surface area contributed by atoms with Crippen LogP contribution >= 0.6 is 63.8 Å². The van der Waals surface area contributed by atoms with Crippen LogP contribution in [0, 0.1) is 0 Å². The number of rotatable bonds is 3. The van der Waals surface area contributed by atoms with Crippen molar-refractivity contribution < 1.29 is 0 Å². The minimum Gasteiger partial charge on any atom is -0.375 e. The Hall–Kier alpha value is -1.09. The molecule has 138 valence electrons. The fourth-order valence-electron chi connectivity index (χ4n) is 2.74. The monoisotopic (exact) mass is 494 g/mol. The van der Waals surface area contributed by atoms with Gasteiger partial charge in [0.25, 0.3) is 0 Å². The molecule has 5 nitrogen and oxygen atoms in total. The zero-order valence-electron chi connectivity index (χ0n) is 13.4. The van der Waals surface area contributed by atoms with Crippen LogP contribution in [0.15, 0.2) is 33.5 Å². The first-order valence-electron chi connectivity index (χ1n) is 7.21. The predicted molar refractivity (Wildman–Crippen MR) is 118 cm³/mol. The second kappa shape index (κ2) is 8.29. The number of halogens is 4. The van der Waals surface area contributed by atoms with E-state index in [1.807, 2.05) is 25.2 Å². The average Bonchev–Trinajstić information content (AvgIpc) is 2.86. The van der Waals surface area contributed by atoms with Crippen molar-refractivity contribution in [3.63, 3.8) is 0 Å². The first-order chi connectivity index (χ1) is 11.8. The number of imidazole rings is 1. The van der Waals surface area contributed by atoms with Gasteiger partial charge in [-0.05, 0) is 42.5 Å². The molecular formula is C16H14BrCl3N4OS. The van der Waals surface area contributed by atoms with Gasteiger partial charge >= 0.3 is 5.69 Å². The molecule has 1 heterocycles. The normalized spacial score (nSPS) is 10.8. The number of nitrogens with one attached hydrogen (secondary N) is 2. The maximum Gasteiger partial charge on any atom is 0.332 e. The summed E-state index contributed by atoms with van der Waals surface area (Å²) in [6.45, 7) is 0.728. The molecular weight excluding hydrogens is 483 g/mol. The molecule has 2 aromatic carbocycles. The van der Waals surface area contributed by atoms with Crippen LogP contribution in [0.4, 0.5) is 0 Å². The second-order valence-electron chi connectivity index (χ2n) is 5.39. The zero-order chi connectivity index (χ0) is 18.3. The van der Waals surface area contributed by atoms with E-state index in [2.05, 4.69) is 26.2 Å². The van der Waals surface area contributed by atoms with Gasteiger partial charge < -0.3 is 16.0 Å². The van der Waals surface area contributed by atoms with Gasteiger partial charge in [-0.3, -0.25) is 0 Å². The number of nitrogens with two attached hydrogens (primary N) is 1. The Morgan fingerprint density at radius 2 is 2.08 bits per heavy atom. The molecule has 0 atom stereocenters. The summed E-state index contributed by atoms with van der Waals surface area (Å²) in [4.78, 5) is 15.0. The number of benzene rings is 2. The lowest BCUT2D eigenvalue weighted by atomic mass is 10.0. The number of fused-ring (bicyclic) bond motifs is 1. The number of H-pyrrole nitrogens is 1. The van der Waals surface area contributed by atoms with Crippen molar-refractivity contribution in [1.82, 2.24) is 14.9 Å². The van der Waals surface area contributed by atoms with Crippen LogP contribution in [0.2, 0.25) is 10.0 Å². The van der Waals surface area contributed by atoms with Gasteiger partial charge in [0, 0.05) is 16.6 Å². The largest absolute Gasteiger partial charge is 0.375 e. The van der Waals surface area contributed by atoms with E-state index < -0.39 is 5.69 Å². The number of thiocarbonyl (C=S) groups is 1. The smallest absolute Gasteiger partial charge is 0.332 e. The highest BCUT2D eigenvalue weighted by atomic mass is 79.9. The van der Waals surface area contributed by atoms with Crippen molar-refractivity contribution in [2.75, 3.05) is 7.05 Å². The molecule has 0 saturated carbocycles. The molecule has 4 N–H and O–H groups in total. The minimum absolute atomic E-state index is 0. The maximum absolute atomic E-state index is 12.2. The lowest BCUT2D eigenvalue weighted by Crippen LogP contribution is -2.29. The van der Waals surface area contributed by atoms with Crippen molar-refractivity contribution in [2.24, 2.45) is 5.73 Å². The van der Waals surface area contributed by atoms with Crippen LogP contribution in [0.3, 0.4) is 0 Å². The van der Waals surface area contributed by atoms with Crippen LogP contribution in [-0.4, -0.2) is 21.7 Å². The van der Waals surface area contributed by atoms with Crippen LogP contribution < -0.4 is 16.7 Å². The molecule has 3 aromatic rings. The van der Waals surface area contributed by atoms with Crippen molar-refractivity contribution in [2.45, 2.75) is 6.54 Å². The summed E-state index contributed by atoms with van der Waals surface area (Å²) in [5.74, 6) is 0. The highest BCUT2D eigenvalue weighted by Crippen LogP contribution is 2.41. The molecule has 3 rings (SSSR count). The molecule has 0 amide bonds. The summed E-state index contributed by atoms with van der Waals surface area (Å²) in [6, 6.07) is 7.45. The summed E-state index contributed by atoms with van der Waals surface area (Å²) in [5, 5.41) is 3.68. The van der Waals surface area contributed by atoms with Crippen LogP contribution in [0.25, 0.3) is 22.2 Å². The Kier molecular flexibility index (Phi) is 6.76. The van der Waals surface area contributed by atoms with E-state index in [0.29, 0.717) is 26.6 Å². The summed E-state index contributed by atoms with van der Waals surface area (Å²) in [5.41, 5.74) is 8.74. The van der Waals surface area contributed by atoms with Gasteiger partial charge in [-0.2, -0.15) is 0 Å². The van der Waals surface area contributed by atoms with Crippen molar-refractivity contribution in [1.29, 1.82) is 0 Å². The highest BCUT2D eigenvalue weighted by Gasteiger charge is 2.20. The third kappa shape index (κ3) is 3.65. The lowest BCUT2D eigenvalue weighted by Gasteiger charge is -2.12. The Morgan fingerprint density at radius 3 is 2.65 bits per heavy atom. The fraction of sp³-hybridized carbons (Fsp3) is 0.125. The second-order valence-corrected chi connectivity index (χ2v) is 7.45. The van der Waals surface area contributed by atoms with Crippen molar-refractivity contribution in [3.05, 3.63) is 54.8 Å². The van der Waals surface area contributed by atoms with E-state index in [1.54, 1.807) is 6.07 Å². The van der Waals surface area contributed by atoms with Gasteiger partial charge in [-0.1, -0.05) is 51.3 Å². The maximum atomic E-state index is 12.2. The van der Waals surface area contributed by atoms with Gasteiger partial charge in [0.1, 0.15) is 0 Å². The number of aromatic nitrogens is 2. The van der Waals surface area contributed by atoms with E-state index >= 15 is 0 Å². The number of nitrogens with zero attached hydrogens (tertiary/aromatic N) is 1. The predicted octanol–water partition coefficient (Wildman–Crippen LogP) is 4.30. The third-order valence-electron chi connectivity index (χ3n) is 3.78. The van der Waals surface area contributed by atoms with Crippen LogP contribution in [0.1, 0.15) is 5.56 Å². The average molecular weight is 497 g/mol. The standard InChI is InChI=1S/C16H13BrCl2N4OS.ClH/c1-21-6-7-2-3-8(9(17)4-7)12-13(19)10(18)5-11-14(12)22-16(24)23(11)15(20)25;/h2-5,21H,6H2,1H3,(H2,20,25)(H,22,24);1H. The molecule has 0 radical (unpaired) electrons.